The third kappa shape index (κ3) is 6.84. The van der Waals surface area contributed by atoms with Crippen LogP contribution in [0.3, 0.4) is 0 Å². The number of ether oxygens (including phenoxy) is 2. The van der Waals surface area contributed by atoms with Crippen molar-refractivity contribution in [3.05, 3.63) is 46.9 Å². The Labute approximate surface area is 216 Å². The number of hydrogen-bond donors (Lipinski definition) is 5. The summed E-state index contributed by atoms with van der Waals surface area (Å²) in [4.78, 5) is 1.81. The second-order valence-electron chi connectivity index (χ2n) is 9.09. The lowest BCUT2D eigenvalue weighted by molar-refractivity contribution is -0.158. The molecule has 2 aromatic carbocycles. The number of rotatable bonds is 9. The predicted octanol–water partition coefficient (Wildman–Crippen LogP) is -0.151. The number of hydrogen-bond acceptors (Lipinski definition) is 10. The van der Waals surface area contributed by atoms with E-state index >= 15 is 0 Å². The molecule has 4 atom stereocenters. The Bertz CT molecular complexity index is 1260. The maximum atomic E-state index is 12.8. The van der Waals surface area contributed by atoms with Crippen LogP contribution in [0.4, 0.5) is 5.69 Å². The number of aliphatic hydroxyl groups is 3. The summed E-state index contributed by atoms with van der Waals surface area (Å²) in [6.07, 6.45) is -2.74. The van der Waals surface area contributed by atoms with Crippen molar-refractivity contribution in [3.63, 3.8) is 0 Å². The molecule has 0 radical (unpaired) electrons. The molecule has 2 saturated heterocycles. The number of anilines is 1. The summed E-state index contributed by atoms with van der Waals surface area (Å²) in [5.41, 5.74) is 1.50. The zero-order valence-corrected chi connectivity index (χ0v) is 21.1. The number of fused-ring (bicyclic) bond motifs is 1. The maximum Gasteiger partial charge on any atom is 0.251 e. The summed E-state index contributed by atoms with van der Waals surface area (Å²) in [6, 6.07) is 11.8. The SMILES string of the molecule is N#C/C(=C\c1ccc2cc(NCCN3CCOCC3)ccc2c1)S(=O)(=O)N[C@H]1CO[C@H](CO)[C@@H](O)[C@@H]1O. The van der Waals surface area contributed by atoms with Crippen LogP contribution in [-0.2, 0) is 19.5 Å². The molecule has 0 spiro atoms. The van der Waals surface area contributed by atoms with Crippen LogP contribution in [0.1, 0.15) is 5.56 Å². The molecule has 0 bridgehead atoms. The van der Waals surface area contributed by atoms with Gasteiger partial charge >= 0.3 is 0 Å². The van der Waals surface area contributed by atoms with Gasteiger partial charge in [0.15, 0.2) is 4.91 Å². The molecule has 0 aliphatic carbocycles. The number of morpholine rings is 1. The number of sulfonamides is 1. The van der Waals surface area contributed by atoms with Crippen molar-refractivity contribution >= 4 is 32.6 Å². The number of nitrogens with one attached hydrogen (secondary N) is 2. The Morgan fingerprint density at radius 3 is 2.59 bits per heavy atom. The lowest BCUT2D eigenvalue weighted by atomic mass is 9.99. The highest BCUT2D eigenvalue weighted by Gasteiger charge is 2.40. The van der Waals surface area contributed by atoms with Gasteiger partial charge in [-0.05, 0) is 40.6 Å². The maximum absolute atomic E-state index is 12.8. The Hall–Kier alpha value is -2.60. The fourth-order valence-corrected chi connectivity index (χ4v) is 5.52. The second kappa shape index (κ2) is 12.3. The van der Waals surface area contributed by atoms with Crippen molar-refractivity contribution < 1.29 is 33.2 Å². The molecule has 4 rings (SSSR count). The van der Waals surface area contributed by atoms with Gasteiger partial charge in [0.2, 0.25) is 0 Å². The highest BCUT2D eigenvalue weighted by atomic mass is 32.2. The molecule has 2 aliphatic heterocycles. The number of benzene rings is 2. The van der Waals surface area contributed by atoms with Crippen LogP contribution >= 0.6 is 0 Å². The van der Waals surface area contributed by atoms with E-state index in [4.69, 9.17) is 9.47 Å². The first-order valence-corrected chi connectivity index (χ1v) is 13.6. The average molecular weight is 533 g/mol. The third-order valence-electron chi connectivity index (χ3n) is 6.54. The number of aliphatic hydroxyl groups excluding tert-OH is 3. The molecule has 2 heterocycles. The second-order valence-corrected chi connectivity index (χ2v) is 10.8. The highest BCUT2D eigenvalue weighted by Crippen LogP contribution is 2.23. The standard InChI is InChI=1S/C25H32N4O7S/c26-14-21(37(33,34)28-22-16-36-23(15-30)25(32)24(22)31)12-17-1-2-19-13-20(4-3-18(19)11-17)27-5-6-29-7-9-35-10-8-29/h1-4,11-13,22-25,27-28,30-32H,5-10,15-16H2/b21-12+/t22-,23+,24+,25+/m0/s1. The lowest BCUT2D eigenvalue weighted by Gasteiger charge is -2.36. The topological polar surface area (TPSA) is 164 Å². The zero-order chi connectivity index (χ0) is 26.4. The number of nitriles is 1. The summed E-state index contributed by atoms with van der Waals surface area (Å²) in [7, 11) is -4.32. The summed E-state index contributed by atoms with van der Waals surface area (Å²) < 4.78 is 38.5. The summed E-state index contributed by atoms with van der Waals surface area (Å²) >= 11 is 0. The van der Waals surface area contributed by atoms with Crippen molar-refractivity contribution in [1.29, 1.82) is 5.26 Å². The Balaban J connectivity index is 1.43. The Morgan fingerprint density at radius 2 is 1.86 bits per heavy atom. The van der Waals surface area contributed by atoms with Gasteiger partial charge in [0.05, 0.1) is 32.5 Å². The largest absolute Gasteiger partial charge is 0.394 e. The molecule has 200 valence electrons. The minimum absolute atomic E-state index is 0.264. The molecule has 5 N–H and O–H groups in total. The molecule has 0 amide bonds. The number of allylic oxidation sites excluding steroid dienone is 1. The van der Waals surface area contributed by atoms with E-state index in [1.54, 1.807) is 18.2 Å². The van der Waals surface area contributed by atoms with Gasteiger partial charge in [-0.15, -0.1) is 0 Å². The van der Waals surface area contributed by atoms with Crippen LogP contribution in [0.2, 0.25) is 0 Å². The first kappa shape index (κ1) is 27.4. The molecular weight excluding hydrogens is 500 g/mol. The van der Waals surface area contributed by atoms with E-state index in [9.17, 15) is 29.0 Å². The van der Waals surface area contributed by atoms with Crippen molar-refractivity contribution in [2.75, 3.05) is 57.9 Å². The van der Waals surface area contributed by atoms with E-state index < -0.39 is 45.9 Å². The van der Waals surface area contributed by atoms with Gasteiger partial charge in [-0.25, -0.2) is 13.1 Å². The quantitative estimate of drug-likeness (QED) is 0.274. The monoisotopic (exact) mass is 532 g/mol. The van der Waals surface area contributed by atoms with Crippen LogP contribution in [0.25, 0.3) is 16.8 Å². The molecular formula is C25H32N4O7S. The third-order valence-corrected chi connectivity index (χ3v) is 7.94. The van der Waals surface area contributed by atoms with Crippen LogP contribution in [0, 0.1) is 11.3 Å². The molecule has 0 aromatic heterocycles. The van der Waals surface area contributed by atoms with E-state index in [2.05, 4.69) is 14.9 Å². The fraction of sp³-hybridized carbons (Fsp3) is 0.480. The smallest absolute Gasteiger partial charge is 0.251 e. The summed E-state index contributed by atoms with van der Waals surface area (Å²) in [5, 5.41) is 44.2. The molecule has 37 heavy (non-hydrogen) atoms. The van der Waals surface area contributed by atoms with Gasteiger partial charge in [0, 0.05) is 31.9 Å². The van der Waals surface area contributed by atoms with Gasteiger partial charge in [0.1, 0.15) is 24.4 Å². The number of nitrogens with zero attached hydrogens (tertiary/aromatic N) is 2. The zero-order valence-electron chi connectivity index (χ0n) is 20.3. The van der Waals surface area contributed by atoms with Gasteiger partial charge in [0.25, 0.3) is 10.0 Å². The van der Waals surface area contributed by atoms with Crippen molar-refractivity contribution in [2.45, 2.75) is 24.4 Å². The van der Waals surface area contributed by atoms with E-state index in [-0.39, 0.29) is 6.61 Å². The van der Waals surface area contributed by atoms with E-state index in [0.717, 1.165) is 55.9 Å². The van der Waals surface area contributed by atoms with Gasteiger partial charge in [-0.3, -0.25) is 4.90 Å². The fourth-order valence-electron chi connectivity index (χ4n) is 4.38. The minimum atomic E-state index is -4.32. The van der Waals surface area contributed by atoms with Crippen molar-refractivity contribution in [1.82, 2.24) is 9.62 Å². The van der Waals surface area contributed by atoms with Crippen molar-refractivity contribution in [2.24, 2.45) is 0 Å². The first-order chi connectivity index (χ1) is 17.8. The molecule has 0 unspecified atom stereocenters. The van der Waals surface area contributed by atoms with Gasteiger partial charge in [-0.1, -0.05) is 18.2 Å². The van der Waals surface area contributed by atoms with Gasteiger partial charge in [-0.2, -0.15) is 5.26 Å². The van der Waals surface area contributed by atoms with E-state index in [1.165, 1.54) is 6.08 Å². The lowest BCUT2D eigenvalue weighted by Crippen LogP contribution is -2.59. The van der Waals surface area contributed by atoms with Crippen LogP contribution < -0.4 is 10.0 Å². The Kier molecular flexibility index (Phi) is 9.12. The van der Waals surface area contributed by atoms with Crippen molar-refractivity contribution in [3.8, 4) is 6.07 Å². The molecule has 2 fully saturated rings. The van der Waals surface area contributed by atoms with Crippen LogP contribution in [-0.4, -0.2) is 106 Å². The molecule has 2 aliphatic rings. The summed E-state index contributed by atoms with van der Waals surface area (Å²) in [6.45, 7) is 4.36. The average Bonchev–Trinajstić information content (AvgIpc) is 2.90. The Morgan fingerprint density at radius 1 is 1.14 bits per heavy atom. The molecule has 12 heteroatoms. The van der Waals surface area contributed by atoms with Gasteiger partial charge < -0.3 is 30.1 Å². The first-order valence-electron chi connectivity index (χ1n) is 12.1. The van der Waals surface area contributed by atoms with Crippen LogP contribution in [0.15, 0.2) is 41.3 Å². The molecule has 11 nitrogen and oxygen atoms in total. The molecule has 2 aromatic rings. The minimum Gasteiger partial charge on any atom is -0.394 e. The van der Waals surface area contributed by atoms with Crippen LogP contribution in [0.5, 0.6) is 0 Å². The molecule has 0 saturated carbocycles. The highest BCUT2D eigenvalue weighted by molar-refractivity contribution is 7.93. The predicted molar refractivity (Wildman–Crippen MR) is 138 cm³/mol. The summed E-state index contributed by atoms with van der Waals surface area (Å²) in [5.74, 6) is 0. The van der Waals surface area contributed by atoms with E-state index in [0.29, 0.717) is 5.56 Å². The normalized spacial score (nSPS) is 25.6. The van der Waals surface area contributed by atoms with E-state index in [1.807, 2.05) is 24.3 Å².